The van der Waals surface area contributed by atoms with Crippen molar-refractivity contribution in [2.75, 3.05) is 0 Å². The van der Waals surface area contributed by atoms with Gasteiger partial charge in [0.2, 0.25) is 0 Å². The van der Waals surface area contributed by atoms with Crippen molar-refractivity contribution >= 4 is 21.9 Å². The van der Waals surface area contributed by atoms with Crippen molar-refractivity contribution in [2.24, 2.45) is 5.41 Å². The third kappa shape index (κ3) is 2.02. The van der Waals surface area contributed by atoms with Crippen LogP contribution in [0.5, 0.6) is 0 Å². The maximum atomic E-state index is 11.3. The van der Waals surface area contributed by atoms with Gasteiger partial charge in [0.15, 0.2) is 0 Å². The van der Waals surface area contributed by atoms with Crippen LogP contribution in [0.25, 0.3) is 0 Å². The summed E-state index contributed by atoms with van der Waals surface area (Å²) in [6, 6.07) is 0. The third-order valence-corrected chi connectivity index (χ3v) is 4.76. The molecule has 1 aliphatic carbocycles. The highest BCUT2D eigenvalue weighted by Crippen LogP contribution is 2.45. The maximum Gasteiger partial charge on any atom is 0.310 e. The Labute approximate surface area is 93.5 Å². The van der Waals surface area contributed by atoms with Gasteiger partial charge in [-0.15, -0.1) is 0 Å². The number of aliphatic carboxylic acids is 1. The summed E-state index contributed by atoms with van der Waals surface area (Å²) in [6.45, 7) is 5.94. The first-order valence-corrected chi connectivity index (χ1v) is 5.98. The van der Waals surface area contributed by atoms with E-state index in [2.05, 4.69) is 22.5 Å². The molecule has 0 radical (unpaired) electrons. The molecule has 0 aliphatic heterocycles. The molecule has 0 spiro atoms. The summed E-state index contributed by atoms with van der Waals surface area (Å²) in [7, 11) is 0. The molecule has 80 valence electrons. The van der Waals surface area contributed by atoms with Gasteiger partial charge in [0.1, 0.15) is 0 Å². The first kappa shape index (κ1) is 11.8. The molecule has 0 aromatic heterocycles. The van der Waals surface area contributed by atoms with Crippen molar-refractivity contribution in [3.63, 3.8) is 0 Å². The molecule has 2 nitrogen and oxygen atoms in total. The van der Waals surface area contributed by atoms with Crippen molar-refractivity contribution in [1.82, 2.24) is 0 Å². The van der Waals surface area contributed by atoms with Gasteiger partial charge in [0, 0.05) is 4.83 Å². The molecule has 0 heterocycles. The lowest BCUT2D eigenvalue weighted by Crippen LogP contribution is -2.41. The van der Waals surface area contributed by atoms with Gasteiger partial charge in [-0.1, -0.05) is 35.0 Å². The van der Waals surface area contributed by atoms with E-state index >= 15 is 0 Å². The Bertz CT molecular complexity index is 238. The molecule has 3 heteroatoms. The van der Waals surface area contributed by atoms with Gasteiger partial charge >= 0.3 is 5.97 Å². The van der Waals surface area contributed by atoms with E-state index in [4.69, 9.17) is 0 Å². The van der Waals surface area contributed by atoms with Crippen molar-refractivity contribution in [1.29, 1.82) is 0 Å². The molecule has 0 aromatic rings. The molecule has 1 rings (SSSR count). The number of carboxylic acids is 1. The summed E-state index contributed by atoms with van der Waals surface area (Å²) in [4.78, 5) is 11.4. The maximum absolute atomic E-state index is 11.3. The number of alkyl halides is 1. The second-order valence-electron chi connectivity index (χ2n) is 4.09. The van der Waals surface area contributed by atoms with Gasteiger partial charge in [0.05, 0.1) is 5.41 Å². The van der Waals surface area contributed by atoms with E-state index < -0.39 is 11.4 Å². The standard InChI is InChI=1S/C11H17BrO2/c1-3-9(12)11(10(13)14)6-4-8(2)5-7-11/h9H,2-7H2,1H3,(H,13,14). The van der Waals surface area contributed by atoms with Gasteiger partial charge < -0.3 is 5.11 Å². The Hall–Kier alpha value is -0.310. The highest BCUT2D eigenvalue weighted by Gasteiger charge is 2.45. The van der Waals surface area contributed by atoms with Crippen LogP contribution < -0.4 is 0 Å². The summed E-state index contributed by atoms with van der Waals surface area (Å²) < 4.78 is 0. The van der Waals surface area contributed by atoms with Crippen molar-refractivity contribution < 1.29 is 9.90 Å². The van der Waals surface area contributed by atoms with Crippen molar-refractivity contribution in [3.8, 4) is 0 Å². The molecule has 0 amide bonds. The van der Waals surface area contributed by atoms with E-state index in [0.29, 0.717) is 0 Å². The minimum absolute atomic E-state index is 0.0839. The number of carbonyl (C=O) groups is 1. The van der Waals surface area contributed by atoms with Gasteiger partial charge in [-0.25, -0.2) is 0 Å². The Morgan fingerprint density at radius 3 is 2.50 bits per heavy atom. The van der Waals surface area contributed by atoms with Crippen molar-refractivity contribution in [2.45, 2.75) is 43.9 Å². The monoisotopic (exact) mass is 260 g/mol. The number of rotatable bonds is 3. The minimum Gasteiger partial charge on any atom is -0.481 e. The molecule has 0 aromatic carbocycles. The average Bonchev–Trinajstić information content (AvgIpc) is 2.18. The molecule has 1 saturated carbocycles. The van der Waals surface area contributed by atoms with Gasteiger partial charge in [-0.3, -0.25) is 4.79 Å². The fraction of sp³-hybridized carbons (Fsp3) is 0.727. The predicted octanol–water partition coefficient (Wildman–Crippen LogP) is 3.36. The van der Waals surface area contributed by atoms with Crippen LogP contribution in [0.1, 0.15) is 39.0 Å². The van der Waals surface area contributed by atoms with Gasteiger partial charge in [-0.2, -0.15) is 0 Å². The Morgan fingerprint density at radius 1 is 1.64 bits per heavy atom. The molecule has 14 heavy (non-hydrogen) atoms. The van der Waals surface area contributed by atoms with Crippen LogP contribution in [-0.4, -0.2) is 15.9 Å². The number of allylic oxidation sites excluding steroid dienone is 1. The lowest BCUT2D eigenvalue weighted by molar-refractivity contribution is -0.150. The summed E-state index contributed by atoms with van der Waals surface area (Å²) in [5.41, 5.74) is 0.633. The molecule has 0 saturated heterocycles. The summed E-state index contributed by atoms with van der Waals surface area (Å²) >= 11 is 3.51. The molecule has 0 bridgehead atoms. The lowest BCUT2D eigenvalue weighted by atomic mass is 9.70. The SMILES string of the molecule is C=C1CCC(C(=O)O)(C(Br)CC)CC1. The number of hydrogen-bond acceptors (Lipinski definition) is 1. The normalized spacial score (nSPS) is 23.1. The molecule has 1 aliphatic rings. The second kappa shape index (κ2) is 4.47. The molecule has 1 fully saturated rings. The van der Waals surface area contributed by atoms with Crippen molar-refractivity contribution in [3.05, 3.63) is 12.2 Å². The largest absolute Gasteiger partial charge is 0.481 e. The third-order valence-electron chi connectivity index (χ3n) is 3.23. The quantitative estimate of drug-likeness (QED) is 0.624. The van der Waals surface area contributed by atoms with Crippen LogP contribution >= 0.6 is 15.9 Å². The second-order valence-corrected chi connectivity index (χ2v) is 5.19. The molecule has 1 unspecified atom stereocenters. The van der Waals surface area contributed by atoms with E-state index in [1.807, 2.05) is 6.92 Å². The van der Waals surface area contributed by atoms with E-state index in [1.165, 1.54) is 5.57 Å². The number of hydrogen-bond donors (Lipinski definition) is 1. The van der Waals surface area contributed by atoms with E-state index in [-0.39, 0.29) is 4.83 Å². The summed E-state index contributed by atoms with van der Waals surface area (Å²) in [5, 5.41) is 9.32. The molecular formula is C11H17BrO2. The van der Waals surface area contributed by atoms with E-state index in [1.54, 1.807) is 0 Å². The average molecular weight is 261 g/mol. The highest BCUT2D eigenvalue weighted by molar-refractivity contribution is 9.09. The number of halogens is 1. The molecular weight excluding hydrogens is 244 g/mol. The van der Waals surface area contributed by atoms with Crippen LogP contribution in [0.4, 0.5) is 0 Å². The predicted molar refractivity (Wildman–Crippen MR) is 60.7 cm³/mol. The highest BCUT2D eigenvalue weighted by atomic mass is 79.9. The zero-order chi connectivity index (χ0) is 10.8. The summed E-state index contributed by atoms with van der Waals surface area (Å²) in [5.74, 6) is -0.659. The minimum atomic E-state index is -0.659. The fourth-order valence-corrected chi connectivity index (χ4v) is 2.76. The number of carboxylic acid groups (broad SMARTS) is 1. The first-order valence-electron chi connectivity index (χ1n) is 5.07. The lowest BCUT2D eigenvalue weighted by Gasteiger charge is -2.37. The summed E-state index contributed by atoms with van der Waals surface area (Å²) in [6.07, 6.45) is 4.03. The zero-order valence-corrected chi connectivity index (χ0v) is 10.1. The molecule has 1 N–H and O–H groups in total. The topological polar surface area (TPSA) is 37.3 Å². The zero-order valence-electron chi connectivity index (χ0n) is 8.55. The first-order chi connectivity index (χ1) is 6.53. The van der Waals surface area contributed by atoms with Crippen LogP contribution in [0.2, 0.25) is 0 Å². The Morgan fingerprint density at radius 2 is 2.14 bits per heavy atom. The smallest absolute Gasteiger partial charge is 0.310 e. The Kier molecular flexibility index (Phi) is 3.76. The fourth-order valence-electron chi connectivity index (χ4n) is 2.10. The van der Waals surface area contributed by atoms with Crippen LogP contribution in [-0.2, 0) is 4.79 Å². The van der Waals surface area contributed by atoms with Crippen LogP contribution in [0, 0.1) is 5.41 Å². The molecule has 1 atom stereocenters. The Balaban J connectivity index is 2.83. The van der Waals surface area contributed by atoms with Gasteiger partial charge in [0.25, 0.3) is 0 Å². The van der Waals surface area contributed by atoms with Gasteiger partial charge in [-0.05, 0) is 32.1 Å². The van der Waals surface area contributed by atoms with Crippen LogP contribution in [0.15, 0.2) is 12.2 Å². The van der Waals surface area contributed by atoms with Crippen LogP contribution in [0.3, 0.4) is 0 Å². The van der Waals surface area contributed by atoms with E-state index in [0.717, 1.165) is 32.1 Å². The van der Waals surface area contributed by atoms with E-state index in [9.17, 15) is 9.90 Å².